The first kappa shape index (κ1) is 67.3. The summed E-state index contributed by atoms with van der Waals surface area (Å²) in [5, 5.41) is 33.4. The fraction of sp³-hybridized carbons (Fsp3) is 0.679. The first-order valence-electron chi connectivity index (χ1n) is 26.9. The first-order valence-corrected chi connectivity index (χ1v) is 28.3. The van der Waals surface area contributed by atoms with Crippen LogP contribution in [0.2, 0.25) is 0 Å². The Balaban J connectivity index is 2.44. The van der Waals surface area contributed by atoms with Crippen molar-refractivity contribution in [2.24, 2.45) is 40.7 Å². The Bertz CT molecular complexity index is 2220. The van der Waals surface area contributed by atoms with E-state index in [-0.39, 0.29) is 62.7 Å². The fourth-order valence-electron chi connectivity index (χ4n) is 8.47. The highest BCUT2D eigenvalue weighted by Gasteiger charge is 2.37. The molecule has 1 aromatic carbocycles. The number of para-hydroxylation sites is 1. The molecule has 23 nitrogen and oxygen atoms in total. The maximum atomic E-state index is 14.5. The summed E-state index contributed by atoms with van der Waals surface area (Å²) in [4.78, 5) is 127. The standard InChI is InChI=1S/C53H91N13O10S/c1-29(2)24-40(62-46(69)32(7)56)50(73)64-43(27-34-28-58-36-17-11-10-16-35(34)36)52(75)61-39(20-23-77-9)48(71)66-44(33(8)67)53(76)65-42(26-31(5)6)51(74)63-41(25-30(3)4)49(72)60-38(19-13-15-22-55)47(70)59-37(45(57)68)18-12-14-21-54/h10-11,16-17,28-33,37-44,58,67H,12-15,18-27,54-56H2,1-9H3,(H2,57,68)(H,59,70)(H,60,72)(H,61,75)(H,62,69)(H,63,74)(H,64,73)(H,65,76)(H,66,71)/t32-,33+,37-,38-,39-,40-,41-,42-,43-,44-/m0/s1. The van der Waals surface area contributed by atoms with Crippen LogP contribution in [-0.2, 0) is 49.6 Å². The summed E-state index contributed by atoms with van der Waals surface area (Å²) in [5.41, 5.74) is 24.2. The number of unbranched alkanes of at least 4 members (excludes halogenated alkanes) is 2. The Kier molecular flexibility index (Phi) is 30.5. The topological polar surface area (TPSA) is 390 Å². The molecule has 0 radical (unpaired) electrons. The number of H-pyrrole nitrogens is 1. The maximum absolute atomic E-state index is 14.5. The van der Waals surface area contributed by atoms with Gasteiger partial charge in [-0.05, 0) is 133 Å². The van der Waals surface area contributed by atoms with E-state index in [1.165, 1.54) is 25.6 Å². The van der Waals surface area contributed by atoms with Gasteiger partial charge in [0, 0.05) is 23.5 Å². The van der Waals surface area contributed by atoms with E-state index in [2.05, 4.69) is 47.5 Å². The summed E-state index contributed by atoms with van der Waals surface area (Å²) in [7, 11) is 0. The van der Waals surface area contributed by atoms with Crippen LogP contribution >= 0.6 is 11.8 Å². The van der Waals surface area contributed by atoms with Gasteiger partial charge in [0.15, 0.2) is 0 Å². The summed E-state index contributed by atoms with van der Waals surface area (Å²) >= 11 is 1.39. The van der Waals surface area contributed by atoms with E-state index in [1.54, 1.807) is 12.5 Å². The van der Waals surface area contributed by atoms with Gasteiger partial charge in [-0.2, -0.15) is 11.8 Å². The van der Waals surface area contributed by atoms with Crippen LogP contribution in [0.1, 0.15) is 125 Å². The average molecular weight is 1100 g/mol. The van der Waals surface area contributed by atoms with E-state index in [9.17, 15) is 48.3 Å². The Morgan fingerprint density at radius 1 is 0.532 bits per heavy atom. The van der Waals surface area contributed by atoms with Gasteiger partial charge in [-0.15, -0.1) is 0 Å². The minimum absolute atomic E-state index is 0.0240. The molecule has 0 aliphatic heterocycles. The lowest BCUT2D eigenvalue weighted by molar-refractivity contribution is -0.137. The Labute approximate surface area is 458 Å². The minimum Gasteiger partial charge on any atom is -0.391 e. The molecule has 0 bridgehead atoms. The molecular formula is C53H91N13O10S. The van der Waals surface area contributed by atoms with Crippen LogP contribution in [0.25, 0.3) is 10.9 Å². The van der Waals surface area contributed by atoms with Crippen LogP contribution < -0.4 is 65.5 Å². The number of nitrogens with one attached hydrogen (secondary N) is 9. The van der Waals surface area contributed by atoms with E-state index >= 15 is 0 Å². The molecule has 1 aromatic heterocycles. The van der Waals surface area contributed by atoms with Gasteiger partial charge in [0.05, 0.1) is 12.1 Å². The number of thioether (sulfide) groups is 1. The zero-order chi connectivity index (χ0) is 57.9. The number of aliphatic hydroxyl groups excluding tert-OH is 1. The van der Waals surface area contributed by atoms with Gasteiger partial charge in [0.25, 0.3) is 0 Å². The molecule has 2 rings (SSSR count). The molecular weight excluding hydrogens is 1010 g/mol. The lowest BCUT2D eigenvalue weighted by Gasteiger charge is -2.29. The summed E-state index contributed by atoms with van der Waals surface area (Å²) in [6.07, 6.45) is 5.03. The van der Waals surface area contributed by atoms with E-state index in [4.69, 9.17) is 22.9 Å². The summed E-state index contributed by atoms with van der Waals surface area (Å²) in [6, 6.07) is -3.37. The number of fused-ring (bicyclic) bond motifs is 1. The van der Waals surface area contributed by atoms with Crippen LogP contribution in [0.5, 0.6) is 0 Å². The molecule has 0 spiro atoms. The Morgan fingerprint density at radius 3 is 1.40 bits per heavy atom. The number of primary amides is 1. The highest BCUT2D eigenvalue weighted by molar-refractivity contribution is 7.98. The SMILES string of the molecule is CSCC[C@H](NC(=O)[C@H](Cc1c[nH]c2ccccc12)NC(=O)[C@H](CC(C)C)NC(=O)[C@H](C)N)C(=O)N[C@H](C(=O)N[C@@H](CC(C)C)C(=O)N[C@@H](CC(C)C)C(=O)N[C@@H](CCCCN)C(=O)N[C@@H](CCCCN)C(N)=O)[C@@H](C)O. The van der Waals surface area contributed by atoms with E-state index in [1.807, 2.05) is 65.8 Å². The number of aliphatic hydroxyl groups is 1. The molecule has 434 valence electrons. The third-order valence-electron chi connectivity index (χ3n) is 12.7. The normalized spacial score (nSPS) is 15.4. The second-order valence-electron chi connectivity index (χ2n) is 21.1. The molecule has 0 saturated carbocycles. The van der Waals surface area contributed by atoms with Crippen molar-refractivity contribution >= 4 is 75.8 Å². The number of carbonyl (C=O) groups excluding carboxylic acids is 9. The first-order chi connectivity index (χ1) is 36.3. The van der Waals surface area contributed by atoms with Gasteiger partial charge in [0.2, 0.25) is 53.2 Å². The summed E-state index contributed by atoms with van der Waals surface area (Å²) < 4.78 is 0. The molecule has 10 atom stereocenters. The second-order valence-corrected chi connectivity index (χ2v) is 22.1. The van der Waals surface area contributed by atoms with E-state index in [0.29, 0.717) is 50.1 Å². The van der Waals surface area contributed by atoms with Crippen molar-refractivity contribution in [3.8, 4) is 0 Å². The smallest absolute Gasteiger partial charge is 0.245 e. The quantitative estimate of drug-likeness (QED) is 0.0395. The molecule has 1 heterocycles. The summed E-state index contributed by atoms with van der Waals surface area (Å²) in [6.45, 7) is 14.5. The number of benzene rings is 1. The van der Waals surface area contributed by atoms with Gasteiger partial charge < -0.3 is 75.6 Å². The molecule has 2 aromatic rings. The second kappa shape index (κ2) is 34.8. The third-order valence-corrected chi connectivity index (χ3v) is 13.3. The number of aromatic amines is 1. The number of rotatable bonds is 37. The van der Waals surface area contributed by atoms with Crippen molar-refractivity contribution in [1.29, 1.82) is 0 Å². The lowest BCUT2D eigenvalue weighted by Crippen LogP contribution is -2.62. The average Bonchev–Trinajstić information content (AvgIpc) is 3.76. The molecule has 0 saturated heterocycles. The minimum atomic E-state index is -1.65. The van der Waals surface area contributed by atoms with Crippen molar-refractivity contribution in [1.82, 2.24) is 47.5 Å². The van der Waals surface area contributed by atoms with Crippen LogP contribution in [0.15, 0.2) is 30.5 Å². The molecule has 0 aliphatic carbocycles. The van der Waals surface area contributed by atoms with Crippen LogP contribution in [0.3, 0.4) is 0 Å². The summed E-state index contributed by atoms with van der Waals surface area (Å²) in [5.74, 6) is -6.53. The molecule has 77 heavy (non-hydrogen) atoms. The van der Waals surface area contributed by atoms with E-state index in [0.717, 1.165) is 10.9 Å². The van der Waals surface area contributed by atoms with Crippen molar-refractivity contribution in [3.63, 3.8) is 0 Å². The Morgan fingerprint density at radius 2 is 0.935 bits per heavy atom. The molecule has 0 fully saturated rings. The molecule has 24 heteroatoms. The third kappa shape index (κ3) is 24.2. The Hall–Kier alpha value is -5.82. The van der Waals surface area contributed by atoms with Gasteiger partial charge in [0.1, 0.15) is 48.3 Å². The maximum Gasteiger partial charge on any atom is 0.245 e. The van der Waals surface area contributed by atoms with Crippen molar-refractivity contribution < 1.29 is 48.3 Å². The largest absolute Gasteiger partial charge is 0.391 e. The number of nitrogens with two attached hydrogens (primary N) is 4. The molecule has 18 N–H and O–H groups in total. The monoisotopic (exact) mass is 1100 g/mol. The zero-order valence-electron chi connectivity index (χ0n) is 46.6. The highest BCUT2D eigenvalue weighted by Crippen LogP contribution is 2.20. The number of hydrogen-bond donors (Lipinski definition) is 14. The van der Waals surface area contributed by atoms with Gasteiger partial charge in [-0.3, -0.25) is 43.2 Å². The van der Waals surface area contributed by atoms with Crippen LogP contribution in [0, 0.1) is 17.8 Å². The van der Waals surface area contributed by atoms with E-state index < -0.39 is 114 Å². The molecule has 0 aliphatic rings. The predicted octanol–water partition coefficient (Wildman–Crippen LogP) is -0.0485. The number of hydrogen-bond acceptors (Lipinski definition) is 14. The van der Waals surface area contributed by atoms with Crippen molar-refractivity contribution in [2.45, 2.75) is 186 Å². The van der Waals surface area contributed by atoms with Crippen LogP contribution in [-0.4, -0.2) is 149 Å². The number of carbonyl (C=O) groups is 9. The lowest BCUT2D eigenvalue weighted by atomic mass is 9.99. The van der Waals surface area contributed by atoms with Gasteiger partial charge in [-0.25, -0.2) is 0 Å². The van der Waals surface area contributed by atoms with Crippen LogP contribution in [0.4, 0.5) is 0 Å². The van der Waals surface area contributed by atoms with Crippen molar-refractivity contribution in [3.05, 3.63) is 36.0 Å². The number of amides is 9. The van der Waals surface area contributed by atoms with Gasteiger partial charge >= 0.3 is 0 Å². The number of aromatic nitrogens is 1. The predicted molar refractivity (Wildman–Crippen MR) is 299 cm³/mol. The molecule has 0 unspecified atom stereocenters. The fourth-order valence-corrected chi connectivity index (χ4v) is 8.94. The zero-order valence-corrected chi connectivity index (χ0v) is 47.4. The van der Waals surface area contributed by atoms with Crippen molar-refractivity contribution in [2.75, 3.05) is 25.1 Å². The van der Waals surface area contributed by atoms with Gasteiger partial charge in [-0.1, -0.05) is 59.7 Å². The highest BCUT2D eigenvalue weighted by atomic mass is 32.2. The molecule has 9 amide bonds.